The van der Waals surface area contributed by atoms with Crippen LogP contribution in [0, 0.1) is 125 Å². The summed E-state index contributed by atoms with van der Waals surface area (Å²) in [5, 5.41) is 12.9. The van der Waals surface area contributed by atoms with Gasteiger partial charge in [-0.2, -0.15) is 0 Å². The maximum Gasteiger partial charge on any atom is 0.306 e. The maximum atomic E-state index is 13.4. The van der Waals surface area contributed by atoms with Gasteiger partial charge in [-0.3, -0.25) is 28.8 Å². The second-order valence-corrected chi connectivity index (χ2v) is 28.3. The van der Waals surface area contributed by atoms with Gasteiger partial charge in [-0.1, -0.05) is 148 Å². The van der Waals surface area contributed by atoms with Crippen molar-refractivity contribution in [1.29, 1.82) is 0 Å². The summed E-state index contributed by atoms with van der Waals surface area (Å²) in [6.07, 6.45) is 0.564. The van der Waals surface area contributed by atoms with Crippen molar-refractivity contribution >= 4 is 35.6 Å². The molecule has 600 valence electrons. The van der Waals surface area contributed by atoms with E-state index in [1.54, 1.807) is 14.7 Å². The molecular weight excluding hydrogens is 1390 g/mol. The highest BCUT2D eigenvalue weighted by atomic mass is 16.5. The smallest absolute Gasteiger partial charge is 0.306 e. The Morgan fingerprint density at radius 3 is 0.649 bits per heavy atom. The number of hydrogen-bond donors (Lipinski definition) is 0. The molecule has 3 atom stereocenters. The molecule has 18 nitrogen and oxygen atoms in total. The van der Waals surface area contributed by atoms with Crippen molar-refractivity contribution in [2.45, 2.75) is 242 Å². The van der Waals surface area contributed by atoms with E-state index >= 15 is 0 Å². The average Bonchev–Trinajstić information content (AvgIpc) is 1.68. The Hall–Kier alpha value is -10.2. The number of ether oxygens (including phenoxy) is 3. The molecule has 9 aromatic rings. The summed E-state index contributed by atoms with van der Waals surface area (Å²) in [7, 11) is 9.49. The fraction of sp³-hybridized carbons (Fsp3) is 0.452. The van der Waals surface area contributed by atoms with Crippen LogP contribution in [0.3, 0.4) is 0 Å². The van der Waals surface area contributed by atoms with E-state index in [0.717, 1.165) is 33.4 Å². The summed E-state index contributed by atoms with van der Waals surface area (Å²) >= 11 is 0. The molecule has 0 saturated carbocycles. The van der Waals surface area contributed by atoms with Crippen molar-refractivity contribution < 1.29 is 56.5 Å². The monoisotopic (exact) mass is 1520 g/mol. The number of nitrogens with zero attached hydrogens (tertiary/aromatic N) is 6. The minimum atomic E-state index is -0.442. The van der Waals surface area contributed by atoms with Crippen LogP contribution < -0.4 is 0 Å². The highest BCUT2D eigenvalue weighted by molar-refractivity contribution is 5.81. The fourth-order valence-electron chi connectivity index (χ4n) is 13.9. The lowest BCUT2D eigenvalue weighted by atomic mass is 9.89. The zero-order chi connectivity index (χ0) is 83.6. The third-order valence-corrected chi connectivity index (χ3v) is 22.3. The Morgan fingerprint density at radius 1 is 0.288 bits per heavy atom. The predicted octanol–water partition coefficient (Wildman–Crippen LogP) is 20.7. The molecule has 0 aliphatic rings. The summed E-state index contributed by atoms with van der Waals surface area (Å²) in [4.78, 5) is 82.0. The molecule has 0 aliphatic carbocycles. The first-order valence-electron chi connectivity index (χ1n) is 38.8. The van der Waals surface area contributed by atoms with Gasteiger partial charge in [0.2, 0.25) is 17.7 Å². The number of carbonyl (C=O) groups is 6. The maximum absolute atomic E-state index is 13.4. The Bertz CT molecular complexity index is 4060. The van der Waals surface area contributed by atoms with Crippen LogP contribution in [-0.4, -0.2) is 108 Å². The van der Waals surface area contributed by atoms with Gasteiger partial charge in [0, 0.05) is 111 Å². The standard InChI is InChI=1S/3C29H36N2O4.3C2H6/c3*1-17-18(2)20(4)25(21(5)19(17)3)16-31(7)26(32)14-24(15-27(33)34-8)28-22(6)29(35-30-28)23-12-10-9-11-13-23;3*1-2/h3*9-13,24H,14-16H2,1-8H3;3*1-2H3/t2*24-;;;;/m10..../s1. The van der Waals surface area contributed by atoms with Crippen LogP contribution in [0.2, 0.25) is 0 Å². The first-order chi connectivity index (χ1) is 52.7. The summed E-state index contributed by atoms with van der Waals surface area (Å²) < 4.78 is 31.7. The van der Waals surface area contributed by atoms with Gasteiger partial charge in [0.1, 0.15) is 0 Å². The van der Waals surface area contributed by atoms with E-state index in [1.807, 2.05) is 174 Å². The van der Waals surface area contributed by atoms with Crippen molar-refractivity contribution in [2.75, 3.05) is 42.5 Å². The van der Waals surface area contributed by atoms with Crippen LogP contribution in [-0.2, 0) is 62.6 Å². The van der Waals surface area contributed by atoms with Crippen molar-refractivity contribution in [1.82, 2.24) is 30.2 Å². The molecule has 3 aromatic heterocycles. The van der Waals surface area contributed by atoms with Gasteiger partial charge in [-0.05, 0) is 225 Å². The molecule has 0 fully saturated rings. The molecule has 3 heterocycles. The first-order valence-corrected chi connectivity index (χ1v) is 38.8. The van der Waals surface area contributed by atoms with Gasteiger partial charge in [0.15, 0.2) is 17.3 Å². The highest BCUT2D eigenvalue weighted by Crippen LogP contribution is 2.39. The average molecular weight is 1520 g/mol. The molecular formula is C93H126N6O12. The van der Waals surface area contributed by atoms with E-state index in [1.165, 1.54) is 121 Å². The molecule has 0 spiro atoms. The molecule has 0 saturated heterocycles. The Kier molecular flexibility index (Phi) is 36.9. The number of esters is 3. The number of amides is 3. The molecule has 0 N–H and O–H groups in total. The van der Waals surface area contributed by atoms with Crippen LogP contribution in [0.5, 0.6) is 0 Å². The number of aromatic nitrogens is 3. The van der Waals surface area contributed by atoms with Gasteiger partial charge < -0.3 is 42.5 Å². The first kappa shape index (κ1) is 93.2. The Balaban J connectivity index is 0.000000339. The Morgan fingerprint density at radius 2 is 0.468 bits per heavy atom. The normalized spacial score (nSPS) is 11.4. The third-order valence-electron chi connectivity index (χ3n) is 22.3. The minimum Gasteiger partial charge on any atom is -0.469 e. The van der Waals surface area contributed by atoms with E-state index in [0.29, 0.717) is 54.0 Å². The molecule has 1 unspecified atom stereocenters. The van der Waals surface area contributed by atoms with Crippen LogP contribution >= 0.6 is 0 Å². The van der Waals surface area contributed by atoms with Gasteiger partial charge in [0.25, 0.3) is 0 Å². The quantitative estimate of drug-likeness (QED) is 0.0406. The van der Waals surface area contributed by atoms with Crippen molar-refractivity contribution in [3.63, 3.8) is 0 Å². The lowest BCUT2D eigenvalue weighted by Gasteiger charge is -2.25. The minimum absolute atomic E-state index is 0.0541. The molecule has 0 bridgehead atoms. The zero-order valence-electron chi connectivity index (χ0n) is 72.3. The second-order valence-electron chi connectivity index (χ2n) is 28.3. The van der Waals surface area contributed by atoms with Gasteiger partial charge in [-0.15, -0.1) is 0 Å². The van der Waals surface area contributed by atoms with E-state index in [4.69, 9.17) is 27.8 Å². The molecule has 18 heteroatoms. The summed E-state index contributed by atoms with van der Waals surface area (Å²) in [5.74, 6) is -0.713. The molecule has 0 radical (unpaired) electrons. The second kappa shape index (κ2) is 44.0. The van der Waals surface area contributed by atoms with E-state index in [2.05, 4.69) is 119 Å². The lowest BCUT2D eigenvalue weighted by Crippen LogP contribution is -2.29. The highest BCUT2D eigenvalue weighted by Gasteiger charge is 2.33. The van der Waals surface area contributed by atoms with Crippen molar-refractivity contribution in [2.24, 2.45) is 0 Å². The van der Waals surface area contributed by atoms with Gasteiger partial charge >= 0.3 is 17.9 Å². The fourth-order valence-corrected chi connectivity index (χ4v) is 13.9. The van der Waals surface area contributed by atoms with Crippen LogP contribution in [0.4, 0.5) is 0 Å². The van der Waals surface area contributed by atoms with Crippen LogP contribution in [0.1, 0.15) is 232 Å². The number of carbonyl (C=O) groups excluding carboxylic acids is 6. The van der Waals surface area contributed by atoms with Crippen LogP contribution in [0.15, 0.2) is 105 Å². The van der Waals surface area contributed by atoms with E-state index in [9.17, 15) is 28.8 Å². The van der Waals surface area contributed by atoms with Crippen molar-refractivity contribution in [3.8, 4) is 34.0 Å². The van der Waals surface area contributed by atoms with E-state index in [-0.39, 0.29) is 74.2 Å². The van der Waals surface area contributed by atoms with E-state index < -0.39 is 17.8 Å². The lowest BCUT2D eigenvalue weighted by molar-refractivity contribution is -0.142. The summed E-state index contributed by atoms with van der Waals surface area (Å²) in [6, 6.07) is 29.1. The topological polar surface area (TPSA) is 218 Å². The summed E-state index contributed by atoms with van der Waals surface area (Å²) in [5.41, 5.74) is 29.4. The molecule has 111 heavy (non-hydrogen) atoms. The van der Waals surface area contributed by atoms with Crippen LogP contribution in [0.25, 0.3) is 34.0 Å². The molecule has 6 aromatic carbocycles. The van der Waals surface area contributed by atoms with Crippen molar-refractivity contribution in [3.05, 3.63) is 225 Å². The predicted molar refractivity (Wildman–Crippen MR) is 446 cm³/mol. The number of benzene rings is 6. The Labute approximate surface area is 662 Å². The third kappa shape index (κ3) is 23.2. The number of methoxy groups -OCH3 is 3. The SMILES string of the molecule is CC.CC.CC.COC(=O)CC(CC(=O)N(C)Cc1c(C)c(C)c(C)c(C)c1C)c1noc(-c2ccccc2)c1C.COC(=O)C[C@@H](CC(=O)N(C)Cc1c(C)c(C)c(C)c(C)c1C)c1noc(-c2ccccc2)c1C.COC(=O)C[C@H](CC(=O)N(C)Cc1c(C)c(C)c(C)c(C)c1C)c1noc(-c2ccccc2)c1C. The number of rotatable bonds is 24. The number of hydrogen-bond acceptors (Lipinski definition) is 15. The molecule has 9 rings (SSSR count). The molecule has 0 aliphatic heterocycles. The van der Waals surface area contributed by atoms with Gasteiger partial charge in [-0.25, -0.2) is 0 Å². The summed E-state index contributed by atoms with van der Waals surface area (Å²) in [6.45, 7) is 51.2. The largest absolute Gasteiger partial charge is 0.469 e. The van der Waals surface area contributed by atoms with Gasteiger partial charge in [0.05, 0.1) is 57.7 Å². The molecule has 3 amide bonds. The zero-order valence-corrected chi connectivity index (χ0v) is 72.3.